The molecule has 0 bridgehead atoms. The van der Waals surface area contributed by atoms with Gasteiger partial charge in [-0.3, -0.25) is 13.9 Å². The Morgan fingerprint density at radius 2 is 1.75 bits per heavy atom. The van der Waals surface area contributed by atoms with Crippen LogP contribution in [0, 0.1) is 0 Å². The van der Waals surface area contributed by atoms with E-state index in [1.54, 1.807) is 23.2 Å². The van der Waals surface area contributed by atoms with Crippen molar-refractivity contribution in [1.29, 1.82) is 0 Å². The van der Waals surface area contributed by atoms with Gasteiger partial charge in [0.25, 0.3) is 0 Å². The molecule has 1 amide bonds. The Morgan fingerprint density at radius 1 is 1.12 bits per heavy atom. The average Bonchev–Trinajstić information content (AvgIpc) is 2.79. The Kier molecular flexibility index (Phi) is 4.89. The number of rotatable bonds is 4. The predicted molar refractivity (Wildman–Crippen MR) is 101 cm³/mol. The Balaban J connectivity index is 2.12. The number of carbonyl (C=O) groups excluding carboxylic acids is 1. The van der Waals surface area contributed by atoms with Crippen molar-refractivity contribution < 1.29 is 4.79 Å². The third-order valence-electron chi connectivity index (χ3n) is 4.70. The van der Waals surface area contributed by atoms with Gasteiger partial charge in [-0.2, -0.15) is 12.6 Å². The number of aromatic nitrogens is 2. The van der Waals surface area contributed by atoms with Crippen LogP contribution in [0.25, 0.3) is 11.0 Å². The van der Waals surface area contributed by atoms with Gasteiger partial charge in [0.15, 0.2) is 0 Å². The molecule has 2 heterocycles. The number of hydrogen-bond acceptors (Lipinski definition) is 4. The number of benzene rings is 1. The number of imidazole rings is 1. The minimum Gasteiger partial charge on any atom is -0.370 e. The Bertz CT molecular complexity index is 818. The van der Waals surface area contributed by atoms with E-state index in [2.05, 4.69) is 22.8 Å². The average molecular weight is 348 g/mol. The van der Waals surface area contributed by atoms with Gasteiger partial charge in [-0.15, -0.1) is 0 Å². The van der Waals surface area contributed by atoms with Crippen LogP contribution in [-0.2, 0) is 18.9 Å². The van der Waals surface area contributed by atoms with E-state index in [0.29, 0.717) is 12.2 Å². The molecule has 0 unspecified atom stereocenters. The number of hydrogen-bond donors (Lipinski definition) is 2. The third kappa shape index (κ3) is 3.05. The highest BCUT2D eigenvalue weighted by atomic mass is 32.1. The van der Waals surface area contributed by atoms with Crippen molar-refractivity contribution in [2.45, 2.75) is 25.7 Å². The zero-order valence-electron chi connectivity index (χ0n) is 14.2. The molecule has 1 aromatic heterocycles. The maximum absolute atomic E-state index is 12.2. The van der Waals surface area contributed by atoms with Crippen molar-refractivity contribution in [1.82, 2.24) is 9.13 Å². The molecule has 3 rings (SSSR count). The molecule has 1 aromatic carbocycles. The number of nitrogens with zero attached hydrogens (tertiary/aromatic N) is 3. The van der Waals surface area contributed by atoms with Crippen molar-refractivity contribution in [3.8, 4) is 0 Å². The SMILES string of the molecule is Cn1c(=O)n(C)c2cc(N3CCCCC3)c(NC(=O)CCS)cc21. The maximum Gasteiger partial charge on any atom is 0.328 e. The highest BCUT2D eigenvalue weighted by molar-refractivity contribution is 7.80. The van der Waals surface area contributed by atoms with Crippen LogP contribution in [0.1, 0.15) is 25.7 Å². The summed E-state index contributed by atoms with van der Waals surface area (Å²) in [5, 5.41) is 3.00. The van der Waals surface area contributed by atoms with Crippen molar-refractivity contribution >= 4 is 40.9 Å². The molecule has 0 atom stereocenters. The van der Waals surface area contributed by atoms with E-state index in [-0.39, 0.29) is 11.6 Å². The molecule has 0 saturated carbocycles. The number of amides is 1. The summed E-state index contributed by atoms with van der Waals surface area (Å²) in [6.07, 6.45) is 3.91. The molecule has 0 aliphatic carbocycles. The smallest absolute Gasteiger partial charge is 0.328 e. The van der Waals surface area contributed by atoms with E-state index in [4.69, 9.17) is 0 Å². The Labute approximate surface area is 146 Å². The zero-order chi connectivity index (χ0) is 17.3. The van der Waals surface area contributed by atoms with E-state index in [1.165, 1.54) is 6.42 Å². The van der Waals surface area contributed by atoms with Crippen molar-refractivity contribution in [2.24, 2.45) is 14.1 Å². The van der Waals surface area contributed by atoms with Gasteiger partial charge in [0.1, 0.15) is 0 Å². The maximum atomic E-state index is 12.2. The van der Waals surface area contributed by atoms with Crippen molar-refractivity contribution in [2.75, 3.05) is 29.1 Å². The van der Waals surface area contributed by atoms with Gasteiger partial charge in [-0.1, -0.05) is 0 Å². The first kappa shape index (κ1) is 17.0. The summed E-state index contributed by atoms with van der Waals surface area (Å²) >= 11 is 4.13. The van der Waals surface area contributed by atoms with Gasteiger partial charge in [0.2, 0.25) is 5.91 Å². The molecule has 1 aliphatic heterocycles. The molecule has 0 spiro atoms. The van der Waals surface area contributed by atoms with Crippen LogP contribution in [0.15, 0.2) is 16.9 Å². The van der Waals surface area contributed by atoms with E-state index < -0.39 is 0 Å². The molecule has 24 heavy (non-hydrogen) atoms. The summed E-state index contributed by atoms with van der Waals surface area (Å²) in [6.45, 7) is 1.95. The number of piperidine rings is 1. The van der Waals surface area contributed by atoms with Gasteiger partial charge >= 0.3 is 5.69 Å². The summed E-state index contributed by atoms with van der Waals surface area (Å²) in [6, 6.07) is 3.94. The predicted octanol–water partition coefficient (Wildman–Crippen LogP) is 2.13. The highest BCUT2D eigenvalue weighted by Crippen LogP contribution is 2.33. The van der Waals surface area contributed by atoms with Gasteiger partial charge in [-0.25, -0.2) is 4.79 Å². The summed E-state index contributed by atoms with van der Waals surface area (Å²) in [4.78, 5) is 26.6. The van der Waals surface area contributed by atoms with Gasteiger partial charge in [0.05, 0.1) is 22.4 Å². The first-order valence-corrected chi connectivity index (χ1v) is 9.01. The second-order valence-corrected chi connectivity index (χ2v) is 6.78. The van der Waals surface area contributed by atoms with E-state index in [0.717, 1.165) is 48.3 Å². The quantitative estimate of drug-likeness (QED) is 0.832. The lowest BCUT2D eigenvalue weighted by molar-refractivity contribution is -0.115. The fourth-order valence-electron chi connectivity index (χ4n) is 3.34. The first-order valence-electron chi connectivity index (χ1n) is 8.38. The lowest BCUT2D eigenvalue weighted by Gasteiger charge is -2.30. The molecule has 1 aliphatic rings. The Morgan fingerprint density at radius 3 is 2.38 bits per heavy atom. The van der Waals surface area contributed by atoms with Crippen LogP contribution >= 0.6 is 12.6 Å². The second kappa shape index (κ2) is 6.93. The Hall–Kier alpha value is -1.89. The minimum atomic E-state index is -0.0616. The lowest BCUT2D eigenvalue weighted by atomic mass is 10.1. The molecule has 0 radical (unpaired) electrons. The van der Waals surface area contributed by atoms with Crippen LogP contribution in [0.5, 0.6) is 0 Å². The van der Waals surface area contributed by atoms with Crippen LogP contribution in [-0.4, -0.2) is 33.9 Å². The molecular weight excluding hydrogens is 324 g/mol. The number of nitrogens with one attached hydrogen (secondary N) is 1. The summed E-state index contributed by atoms with van der Waals surface area (Å²) in [5.41, 5.74) is 3.42. The van der Waals surface area contributed by atoms with E-state index in [1.807, 2.05) is 12.1 Å². The van der Waals surface area contributed by atoms with Crippen molar-refractivity contribution in [3.63, 3.8) is 0 Å². The molecule has 6 nitrogen and oxygen atoms in total. The first-order chi connectivity index (χ1) is 11.5. The number of fused-ring (bicyclic) bond motifs is 1. The molecule has 1 N–H and O–H groups in total. The molecular formula is C17H24N4O2S. The summed E-state index contributed by atoms with van der Waals surface area (Å²) in [5.74, 6) is 0.459. The molecule has 2 aromatic rings. The largest absolute Gasteiger partial charge is 0.370 e. The van der Waals surface area contributed by atoms with Gasteiger partial charge in [-0.05, 0) is 37.1 Å². The second-order valence-electron chi connectivity index (χ2n) is 6.33. The highest BCUT2D eigenvalue weighted by Gasteiger charge is 2.19. The molecule has 7 heteroatoms. The normalized spacial score (nSPS) is 15.0. The van der Waals surface area contributed by atoms with Crippen molar-refractivity contribution in [3.05, 3.63) is 22.6 Å². The van der Waals surface area contributed by atoms with Crippen LogP contribution < -0.4 is 15.9 Å². The minimum absolute atomic E-state index is 0.0523. The zero-order valence-corrected chi connectivity index (χ0v) is 15.1. The standard InChI is InChI=1S/C17H24N4O2S/c1-19-14-10-12(18-16(22)6-9-24)13(21-7-4-3-5-8-21)11-15(14)20(2)17(19)23/h10-11,24H,3-9H2,1-2H3,(H,18,22). The van der Waals surface area contributed by atoms with Crippen LogP contribution in [0.2, 0.25) is 0 Å². The monoisotopic (exact) mass is 348 g/mol. The topological polar surface area (TPSA) is 59.3 Å². The molecule has 1 fully saturated rings. The van der Waals surface area contributed by atoms with E-state index >= 15 is 0 Å². The number of carbonyl (C=O) groups is 1. The number of thiol groups is 1. The van der Waals surface area contributed by atoms with E-state index in [9.17, 15) is 9.59 Å². The number of anilines is 2. The van der Waals surface area contributed by atoms with Gasteiger partial charge < -0.3 is 10.2 Å². The van der Waals surface area contributed by atoms with Crippen LogP contribution in [0.4, 0.5) is 11.4 Å². The lowest BCUT2D eigenvalue weighted by Crippen LogP contribution is -2.30. The summed E-state index contributed by atoms with van der Waals surface area (Å²) < 4.78 is 3.27. The van der Waals surface area contributed by atoms with Gasteiger partial charge in [0, 0.05) is 33.6 Å². The fourth-order valence-corrected chi connectivity index (χ4v) is 3.55. The molecule has 130 valence electrons. The fraction of sp³-hybridized carbons (Fsp3) is 0.529. The number of aryl methyl sites for hydroxylation is 2. The molecule has 1 saturated heterocycles. The van der Waals surface area contributed by atoms with Crippen LogP contribution in [0.3, 0.4) is 0 Å². The summed E-state index contributed by atoms with van der Waals surface area (Å²) in [7, 11) is 3.54. The third-order valence-corrected chi connectivity index (χ3v) is 4.92.